The fourth-order valence-electron chi connectivity index (χ4n) is 0. The van der Waals surface area contributed by atoms with E-state index in [-0.39, 0.29) is 22.4 Å². The van der Waals surface area contributed by atoms with Gasteiger partial charge in [0, 0.05) is 0 Å². The molecule has 3 heteroatoms. The van der Waals surface area contributed by atoms with Crippen molar-refractivity contribution in [2.45, 2.75) is 0 Å². The molecule has 3 N–H and O–H groups in total. The SMILES string of the molecule is [Au+].[NH-]CCN. The molecule has 5 heavy (non-hydrogen) atoms. The van der Waals surface area contributed by atoms with Crippen LogP contribution in [0.3, 0.4) is 0 Å². The van der Waals surface area contributed by atoms with Gasteiger partial charge in [-0.2, -0.15) is 0 Å². The van der Waals surface area contributed by atoms with Crippen molar-refractivity contribution in [3.63, 3.8) is 0 Å². The molecular formula is C2H7AuN2. The van der Waals surface area contributed by atoms with Gasteiger partial charge < -0.3 is 11.5 Å². The predicted octanol–water partition coefficient (Wildman–Crippen LogP) is -0.00520. The smallest absolute Gasteiger partial charge is 0.676 e. The minimum Gasteiger partial charge on any atom is -0.676 e. The first-order valence-electron chi connectivity index (χ1n) is 1.26. The van der Waals surface area contributed by atoms with Gasteiger partial charge in [-0.05, 0) is 6.54 Å². The van der Waals surface area contributed by atoms with Crippen molar-refractivity contribution in [1.29, 1.82) is 0 Å². The molecular weight excluding hydrogens is 249 g/mol. The van der Waals surface area contributed by atoms with Gasteiger partial charge in [0.05, 0.1) is 0 Å². The van der Waals surface area contributed by atoms with Gasteiger partial charge in [0.25, 0.3) is 0 Å². The Bertz CT molecular complexity index is 9.61. The minimum atomic E-state index is 0. The number of hydrogen-bond acceptors (Lipinski definition) is 1. The summed E-state index contributed by atoms with van der Waals surface area (Å²) < 4.78 is 0. The standard InChI is InChI=1S/C2H7N2.Au/c3-1-2-4;/h3H,1-2,4H2;/q-1;+1. The van der Waals surface area contributed by atoms with Crippen LogP contribution in [0.2, 0.25) is 0 Å². The quantitative estimate of drug-likeness (QED) is 0.659. The van der Waals surface area contributed by atoms with Gasteiger partial charge in [-0.3, -0.25) is 0 Å². The molecule has 0 saturated heterocycles. The second kappa shape index (κ2) is 8.82. The fraction of sp³-hybridized carbons (Fsp3) is 1.00. The Labute approximate surface area is 47.4 Å². The van der Waals surface area contributed by atoms with Crippen LogP contribution in [0, 0.1) is 0 Å². The van der Waals surface area contributed by atoms with Crippen molar-refractivity contribution < 1.29 is 22.4 Å². The van der Waals surface area contributed by atoms with E-state index in [4.69, 9.17) is 11.5 Å². The van der Waals surface area contributed by atoms with E-state index in [1.165, 1.54) is 0 Å². The molecule has 0 rings (SSSR count). The molecule has 0 fully saturated rings. The van der Waals surface area contributed by atoms with Crippen LogP contribution in [-0.4, -0.2) is 13.1 Å². The van der Waals surface area contributed by atoms with Crippen LogP contribution in [0.5, 0.6) is 0 Å². The normalized spacial score (nSPS) is 6.00. The maximum atomic E-state index is 6.33. The zero-order chi connectivity index (χ0) is 3.41. The molecule has 0 heterocycles. The topological polar surface area (TPSA) is 49.8 Å². The molecule has 0 unspecified atom stereocenters. The summed E-state index contributed by atoms with van der Waals surface area (Å²) in [7, 11) is 0. The van der Waals surface area contributed by atoms with E-state index in [0.29, 0.717) is 13.1 Å². The van der Waals surface area contributed by atoms with Gasteiger partial charge in [-0.15, -0.1) is 6.54 Å². The first-order valence-corrected chi connectivity index (χ1v) is 1.26. The van der Waals surface area contributed by atoms with E-state index in [1.54, 1.807) is 0 Å². The molecule has 0 atom stereocenters. The van der Waals surface area contributed by atoms with Gasteiger partial charge in [0.15, 0.2) is 0 Å². The van der Waals surface area contributed by atoms with E-state index in [2.05, 4.69) is 0 Å². The monoisotopic (exact) mass is 256 g/mol. The third-order valence-electron chi connectivity index (χ3n) is 0.144. The van der Waals surface area contributed by atoms with Crippen molar-refractivity contribution >= 4 is 0 Å². The van der Waals surface area contributed by atoms with E-state index < -0.39 is 0 Å². The maximum absolute atomic E-state index is 6.33. The maximum Gasteiger partial charge on any atom is 1.00 e. The molecule has 0 radical (unpaired) electrons. The van der Waals surface area contributed by atoms with E-state index >= 15 is 0 Å². The molecule has 0 bridgehead atoms. The summed E-state index contributed by atoms with van der Waals surface area (Å²) in [5, 5.41) is 0. The average molecular weight is 256 g/mol. The average Bonchev–Trinajstić information content (AvgIpc) is 1.37. The number of nitrogens with two attached hydrogens (primary N) is 1. The van der Waals surface area contributed by atoms with Crippen molar-refractivity contribution in [2.75, 3.05) is 13.1 Å². The van der Waals surface area contributed by atoms with Crippen LogP contribution < -0.4 is 5.73 Å². The molecule has 0 aromatic rings. The van der Waals surface area contributed by atoms with Crippen LogP contribution in [0.4, 0.5) is 0 Å². The van der Waals surface area contributed by atoms with Crippen molar-refractivity contribution in [3.8, 4) is 0 Å². The fourth-order valence-corrected chi connectivity index (χ4v) is 0. The Morgan fingerprint density at radius 3 is 1.80 bits per heavy atom. The van der Waals surface area contributed by atoms with Crippen LogP contribution in [0.1, 0.15) is 0 Å². The molecule has 2 nitrogen and oxygen atoms in total. The predicted molar refractivity (Wildman–Crippen MR) is 18.2 cm³/mol. The first kappa shape index (κ1) is 9.18. The second-order valence-corrected chi connectivity index (χ2v) is 0.539. The summed E-state index contributed by atoms with van der Waals surface area (Å²) in [6.07, 6.45) is 0. The van der Waals surface area contributed by atoms with E-state index in [0.717, 1.165) is 0 Å². The van der Waals surface area contributed by atoms with Gasteiger partial charge in [-0.1, -0.05) is 0 Å². The van der Waals surface area contributed by atoms with Crippen molar-refractivity contribution in [1.82, 2.24) is 0 Å². The third kappa shape index (κ3) is 12.0. The molecule has 0 saturated carbocycles. The summed E-state index contributed by atoms with van der Waals surface area (Å²) in [6.45, 7) is 0.833. The summed E-state index contributed by atoms with van der Waals surface area (Å²) in [5.41, 5.74) is 11.2. The van der Waals surface area contributed by atoms with Crippen molar-refractivity contribution in [3.05, 3.63) is 5.73 Å². The van der Waals surface area contributed by atoms with Gasteiger partial charge >= 0.3 is 22.4 Å². The molecule has 0 aromatic heterocycles. The molecule has 36 valence electrons. The Balaban J connectivity index is 0. The minimum absolute atomic E-state index is 0. The van der Waals surface area contributed by atoms with Crippen LogP contribution in [0.15, 0.2) is 0 Å². The number of nitrogens with one attached hydrogen (secondary N) is 1. The zero-order valence-electron chi connectivity index (χ0n) is 2.79. The third-order valence-corrected chi connectivity index (χ3v) is 0.144. The van der Waals surface area contributed by atoms with Gasteiger partial charge in [-0.25, -0.2) is 0 Å². The molecule has 0 aliphatic carbocycles. The van der Waals surface area contributed by atoms with E-state index in [9.17, 15) is 0 Å². The van der Waals surface area contributed by atoms with Gasteiger partial charge in [0.2, 0.25) is 0 Å². The number of hydrogen-bond donors (Lipinski definition) is 1. The largest absolute Gasteiger partial charge is 1.00 e. The zero-order valence-corrected chi connectivity index (χ0v) is 4.96. The molecule has 0 aliphatic heterocycles. The summed E-state index contributed by atoms with van der Waals surface area (Å²) in [6, 6.07) is 0. The Hall–Kier alpha value is 0.660. The second-order valence-electron chi connectivity index (χ2n) is 0.539. The summed E-state index contributed by atoms with van der Waals surface area (Å²) in [4.78, 5) is 0. The Morgan fingerprint density at radius 1 is 1.60 bits per heavy atom. The summed E-state index contributed by atoms with van der Waals surface area (Å²) >= 11 is 0. The van der Waals surface area contributed by atoms with Crippen molar-refractivity contribution in [2.24, 2.45) is 5.73 Å². The van der Waals surface area contributed by atoms with Crippen LogP contribution in [-0.2, 0) is 22.4 Å². The van der Waals surface area contributed by atoms with Crippen LogP contribution in [0.25, 0.3) is 5.73 Å². The molecule has 0 amide bonds. The number of rotatable bonds is 1. The van der Waals surface area contributed by atoms with Gasteiger partial charge in [0.1, 0.15) is 0 Å². The van der Waals surface area contributed by atoms with Crippen LogP contribution >= 0.6 is 0 Å². The van der Waals surface area contributed by atoms with E-state index in [1.807, 2.05) is 0 Å². The molecule has 0 aromatic carbocycles. The first-order chi connectivity index (χ1) is 1.91. The molecule has 0 aliphatic rings. The summed E-state index contributed by atoms with van der Waals surface area (Å²) in [5.74, 6) is 0. The Kier molecular flexibility index (Phi) is 16.2. The molecule has 0 spiro atoms. The Morgan fingerprint density at radius 2 is 1.80 bits per heavy atom.